The molecule has 2 unspecified atom stereocenters. The van der Waals surface area contributed by atoms with E-state index in [9.17, 15) is 14.4 Å². The predicted molar refractivity (Wildman–Crippen MR) is 69.0 cm³/mol. The highest BCUT2D eigenvalue weighted by molar-refractivity contribution is 6.08. The maximum atomic E-state index is 12.3. The van der Waals surface area contributed by atoms with Gasteiger partial charge >= 0.3 is 5.97 Å². The van der Waals surface area contributed by atoms with Crippen LogP contribution in [-0.2, 0) is 19.1 Å². The molecule has 1 aromatic carbocycles. The summed E-state index contributed by atoms with van der Waals surface area (Å²) in [5.74, 6) is -2.82. The largest absolute Gasteiger partial charge is 0.480 e. The van der Waals surface area contributed by atoms with E-state index < -0.39 is 29.7 Å². The minimum atomic E-state index is -1.27. The average Bonchev–Trinajstić information content (AvgIpc) is 2.72. The molecule has 0 radical (unpaired) electrons. The van der Waals surface area contributed by atoms with E-state index in [-0.39, 0.29) is 13.0 Å². The summed E-state index contributed by atoms with van der Waals surface area (Å²) in [6.07, 6.45) is -0.00363. The van der Waals surface area contributed by atoms with E-state index in [2.05, 4.69) is 0 Å². The second-order valence-electron chi connectivity index (χ2n) is 4.58. The summed E-state index contributed by atoms with van der Waals surface area (Å²) < 4.78 is 4.79. The molecule has 1 saturated heterocycles. The van der Waals surface area contributed by atoms with Gasteiger partial charge in [-0.3, -0.25) is 14.5 Å². The van der Waals surface area contributed by atoms with Crippen molar-refractivity contribution in [2.45, 2.75) is 18.4 Å². The first-order chi connectivity index (χ1) is 9.56. The number of hydrogen-bond donors (Lipinski definition) is 1. The number of carboxylic acids is 1. The Morgan fingerprint density at radius 2 is 2.05 bits per heavy atom. The lowest BCUT2D eigenvalue weighted by molar-refractivity contribution is -0.156. The van der Waals surface area contributed by atoms with Crippen LogP contribution < -0.4 is 0 Å². The van der Waals surface area contributed by atoms with Gasteiger partial charge in [0.1, 0.15) is 0 Å². The van der Waals surface area contributed by atoms with Gasteiger partial charge in [-0.1, -0.05) is 30.3 Å². The van der Waals surface area contributed by atoms with Gasteiger partial charge in [-0.2, -0.15) is 0 Å². The lowest BCUT2D eigenvalue weighted by atomic mass is 9.98. The highest BCUT2D eigenvalue weighted by atomic mass is 16.5. The Labute approximate surface area is 115 Å². The number of hydrogen-bond acceptors (Lipinski definition) is 4. The summed E-state index contributed by atoms with van der Waals surface area (Å²) in [5, 5.41) is 9.13. The highest BCUT2D eigenvalue weighted by Crippen LogP contribution is 2.30. The summed E-state index contributed by atoms with van der Waals surface area (Å²) in [7, 11) is 1.33. The zero-order valence-electron chi connectivity index (χ0n) is 11.0. The number of ether oxygens (including phenoxy) is 1. The molecule has 2 rings (SSSR count). The quantitative estimate of drug-likeness (QED) is 0.798. The minimum Gasteiger partial charge on any atom is -0.480 e. The van der Waals surface area contributed by atoms with Gasteiger partial charge in [0, 0.05) is 13.5 Å². The van der Waals surface area contributed by atoms with Gasteiger partial charge in [-0.15, -0.1) is 0 Å². The summed E-state index contributed by atoms with van der Waals surface area (Å²) in [5.41, 5.74) is 0.718. The number of methoxy groups -OCH3 is 1. The van der Waals surface area contributed by atoms with Gasteiger partial charge in [0.15, 0.2) is 6.04 Å². The first-order valence-electron chi connectivity index (χ1n) is 6.19. The number of nitrogens with zero attached hydrogens (tertiary/aromatic N) is 1. The zero-order chi connectivity index (χ0) is 14.7. The van der Waals surface area contributed by atoms with Crippen LogP contribution in [0.15, 0.2) is 30.3 Å². The number of amides is 2. The molecule has 1 N–H and O–H groups in total. The molecule has 1 aliphatic heterocycles. The van der Waals surface area contributed by atoms with Gasteiger partial charge in [-0.05, 0) is 5.56 Å². The van der Waals surface area contributed by atoms with Gasteiger partial charge in [0.25, 0.3) is 0 Å². The Morgan fingerprint density at radius 1 is 1.40 bits per heavy atom. The third kappa shape index (κ3) is 2.55. The van der Waals surface area contributed by atoms with E-state index in [0.717, 1.165) is 10.5 Å². The van der Waals surface area contributed by atoms with Crippen molar-refractivity contribution in [1.29, 1.82) is 0 Å². The molecule has 0 bridgehead atoms. The number of imide groups is 1. The van der Waals surface area contributed by atoms with Gasteiger partial charge in [-0.25, -0.2) is 4.79 Å². The fourth-order valence-electron chi connectivity index (χ4n) is 2.34. The monoisotopic (exact) mass is 277 g/mol. The molecule has 1 aliphatic rings. The number of carbonyl (C=O) groups is 3. The Bertz CT molecular complexity index is 528. The number of benzene rings is 1. The normalized spacial score (nSPS) is 20.2. The van der Waals surface area contributed by atoms with Crippen LogP contribution in [0.1, 0.15) is 17.9 Å². The molecule has 1 heterocycles. The van der Waals surface area contributed by atoms with Crippen molar-refractivity contribution in [2.24, 2.45) is 0 Å². The lowest BCUT2D eigenvalue weighted by Gasteiger charge is -2.22. The Morgan fingerprint density at radius 3 is 2.60 bits per heavy atom. The van der Waals surface area contributed by atoms with Crippen molar-refractivity contribution >= 4 is 17.8 Å². The predicted octanol–water partition coefficient (Wildman–Crippen LogP) is 0.629. The molecule has 2 atom stereocenters. The van der Waals surface area contributed by atoms with E-state index in [1.165, 1.54) is 7.11 Å². The molecule has 0 aromatic heterocycles. The van der Waals surface area contributed by atoms with Crippen molar-refractivity contribution < 1.29 is 24.2 Å². The topological polar surface area (TPSA) is 83.9 Å². The number of aliphatic carboxylic acids is 1. The van der Waals surface area contributed by atoms with Gasteiger partial charge in [0.05, 0.1) is 12.5 Å². The first-order valence-corrected chi connectivity index (χ1v) is 6.19. The summed E-state index contributed by atoms with van der Waals surface area (Å²) >= 11 is 0. The fraction of sp³-hybridized carbons (Fsp3) is 0.357. The Kier molecular flexibility index (Phi) is 4.14. The molecule has 106 valence electrons. The molecule has 0 spiro atoms. The average molecular weight is 277 g/mol. The van der Waals surface area contributed by atoms with Crippen LogP contribution in [0, 0.1) is 0 Å². The van der Waals surface area contributed by atoms with Crippen LogP contribution in [0.5, 0.6) is 0 Å². The van der Waals surface area contributed by atoms with Crippen LogP contribution in [0.3, 0.4) is 0 Å². The Balaban J connectivity index is 2.27. The van der Waals surface area contributed by atoms with Gasteiger partial charge in [0.2, 0.25) is 11.8 Å². The molecular formula is C14H15NO5. The maximum Gasteiger partial charge on any atom is 0.329 e. The standard InChI is InChI=1S/C14H15NO5/c1-20-8-11(14(18)19)15-12(16)7-10(13(15)17)9-5-3-2-4-6-9/h2-6,10-11H,7-8H2,1H3,(H,18,19). The van der Waals surface area contributed by atoms with E-state index >= 15 is 0 Å². The molecule has 6 heteroatoms. The van der Waals surface area contributed by atoms with Crippen LogP contribution in [0.2, 0.25) is 0 Å². The first kappa shape index (κ1) is 14.2. The van der Waals surface area contributed by atoms with Gasteiger partial charge < -0.3 is 9.84 Å². The zero-order valence-corrected chi connectivity index (χ0v) is 11.0. The third-order valence-electron chi connectivity index (χ3n) is 3.31. The van der Waals surface area contributed by atoms with Crippen molar-refractivity contribution in [3.8, 4) is 0 Å². The number of carbonyl (C=O) groups excluding carboxylic acids is 2. The second-order valence-corrected chi connectivity index (χ2v) is 4.58. The van der Waals surface area contributed by atoms with Crippen LogP contribution >= 0.6 is 0 Å². The second kappa shape index (κ2) is 5.83. The van der Waals surface area contributed by atoms with Crippen LogP contribution in [0.25, 0.3) is 0 Å². The van der Waals surface area contributed by atoms with Crippen molar-refractivity contribution in [3.05, 3.63) is 35.9 Å². The number of likely N-dealkylation sites (tertiary alicyclic amines) is 1. The molecule has 20 heavy (non-hydrogen) atoms. The SMILES string of the molecule is COCC(C(=O)O)N1C(=O)CC(c2ccccc2)C1=O. The Hall–Kier alpha value is -2.21. The van der Waals surface area contributed by atoms with E-state index in [4.69, 9.17) is 9.84 Å². The highest BCUT2D eigenvalue weighted by Gasteiger charge is 2.45. The number of carboxylic acid groups (broad SMARTS) is 1. The van der Waals surface area contributed by atoms with Crippen LogP contribution in [0.4, 0.5) is 0 Å². The molecule has 1 aromatic rings. The lowest BCUT2D eigenvalue weighted by Crippen LogP contribution is -2.47. The molecule has 0 saturated carbocycles. The van der Waals surface area contributed by atoms with Crippen LogP contribution in [-0.4, -0.2) is 47.5 Å². The van der Waals surface area contributed by atoms with Crippen molar-refractivity contribution in [1.82, 2.24) is 4.90 Å². The van der Waals surface area contributed by atoms with Crippen molar-refractivity contribution in [3.63, 3.8) is 0 Å². The summed E-state index contributed by atoms with van der Waals surface area (Å²) in [6.45, 7) is -0.214. The molecule has 2 amide bonds. The molecule has 0 aliphatic carbocycles. The summed E-state index contributed by atoms with van der Waals surface area (Å²) in [4.78, 5) is 36.3. The third-order valence-corrected chi connectivity index (χ3v) is 3.31. The molecule has 6 nitrogen and oxygen atoms in total. The fourth-order valence-corrected chi connectivity index (χ4v) is 2.34. The van der Waals surface area contributed by atoms with Crippen molar-refractivity contribution in [2.75, 3.05) is 13.7 Å². The molecule has 1 fully saturated rings. The number of rotatable bonds is 5. The summed E-state index contributed by atoms with van der Waals surface area (Å²) in [6, 6.07) is 7.61. The van der Waals surface area contributed by atoms with E-state index in [0.29, 0.717) is 0 Å². The maximum absolute atomic E-state index is 12.3. The van der Waals surface area contributed by atoms with E-state index in [1.807, 2.05) is 6.07 Å². The molecular weight excluding hydrogens is 262 g/mol. The smallest absolute Gasteiger partial charge is 0.329 e. The minimum absolute atomic E-state index is 0.00363. The van der Waals surface area contributed by atoms with E-state index in [1.54, 1.807) is 24.3 Å².